The summed E-state index contributed by atoms with van der Waals surface area (Å²) in [6.45, 7) is 2.36. The lowest BCUT2D eigenvalue weighted by molar-refractivity contribution is 0.101. The second-order valence-corrected chi connectivity index (χ2v) is 5.52. The molecular weight excluding hydrogens is 280 g/mol. The number of rotatable bonds is 4. The fraction of sp³-hybridized carbons (Fsp3) is 0.500. The van der Waals surface area contributed by atoms with Gasteiger partial charge in [0.15, 0.2) is 5.78 Å². The van der Waals surface area contributed by atoms with Crippen molar-refractivity contribution in [1.82, 2.24) is 0 Å². The first kappa shape index (κ1) is 12.6. The van der Waals surface area contributed by atoms with Crippen molar-refractivity contribution in [2.75, 3.05) is 6.61 Å². The van der Waals surface area contributed by atoms with E-state index in [4.69, 9.17) is 4.74 Å². The van der Waals surface area contributed by atoms with E-state index in [1.165, 1.54) is 25.7 Å². The van der Waals surface area contributed by atoms with Crippen molar-refractivity contribution in [2.45, 2.75) is 32.6 Å². The van der Waals surface area contributed by atoms with Crippen LogP contribution in [0.5, 0.6) is 5.75 Å². The van der Waals surface area contributed by atoms with E-state index < -0.39 is 0 Å². The van der Waals surface area contributed by atoms with Gasteiger partial charge in [0, 0.05) is 5.56 Å². The Kier molecular flexibility index (Phi) is 4.21. The van der Waals surface area contributed by atoms with Gasteiger partial charge in [0.05, 0.1) is 11.1 Å². The molecule has 0 aromatic heterocycles. The van der Waals surface area contributed by atoms with Gasteiger partial charge in [0.25, 0.3) is 0 Å². The number of hydrogen-bond acceptors (Lipinski definition) is 2. The summed E-state index contributed by atoms with van der Waals surface area (Å²) in [5.41, 5.74) is 0.713. The number of benzene rings is 1. The molecule has 17 heavy (non-hydrogen) atoms. The molecule has 1 aliphatic carbocycles. The molecule has 1 aromatic carbocycles. The van der Waals surface area contributed by atoms with E-state index in [9.17, 15) is 4.79 Å². The number of carbonyl (C=O) groups excluding carboxylic acids is 1. The molecule has 0 atom stereocenters. The van der Waals surface area contributed by atoms with Crippen LogP contribution in [-0.4, -0.2) is 12.4 Å². The van der Waals surface area contributed by atoms with Crippen LogP contribution in [0, 0.1) is 5.92 Å². The maximum atomic E-state index is 11.2. The van der Waals surface area contributed by atoms with Crippen molar-refractivity contribution in [3.63, 3.8) is 0 Å². The molecule has 1 aliphatic rings. The molecule has 0 spiro atoms. The SMILES string of the molecule is CC(=O)c1ccc(OCC2CCCC2)c(Br)c1. The summed E-state index contributed by atoms with van der Waals surface area (Å²) >= 11 is 3.45. The smallest absolute Gasteiger partial charge is 0.159 e. The molecule has 0 saturated heterocycles. The highest BCUT2D eigenvalue weighted by molar-refractivity contribution is 9.10. The summed E-state index contributed by atoms with van der Waals surface area (Å²) in [6.07, 6.45) is 5.23. The monoisotopic (exact) mass is 296 g/mol. The van der Waals surface area contributed by atoms with Gasteiger partial charge in [0.1, 0.15) is 5.75 Å². The predicted octanol–water partition coefficient (Wildman–Crippen LogP) is 4.22. The molecule has 0 bridgehead atoms. The van der Waals surface area contributed by atoms with Crippen molar-refractivity contribution in [1.29, 1.82) is 0 Å². The van der Waals surface area contributed by atoms with E-state index in [1.807, 2.05) is 18.2 Å². The summed E-state index contributed by atoms with van der Waals surface area (Å²) in [5, 5.41) is 0. The van der Waals surface area contributed by atoms with Crippen LogP contribution in [-0.2, 0) is 0 Å². The fourth-order valence-electron chi connectivity index (χ4n) is 2.22. The molecule has 2 nitrogen and oxygen atoms in total. The highest BCUT2D eigenvalue weighted by atomic mass is 79.9. The van der Waals surface area contributed by atoms with Gasteiger partial charge in [0.2, 0.25) is 0 Å². The third kappa shape index (κ3) is 3.32. The maximum Gasteiger partial charge on any atom is 0.159 e. The average Bonchev–Trinajstić information content (AvgIpc) is 2.80. The van der Waals surface area contributed by atoms with Gasteiger partial charge in [-0.25, -0.2) is 0 Å². The molecule has 0 N–H and O–H groups in total. The zero-order valence-electron chi connectivity index (χ0n) is 10.0. The van der Waals surface area contributed by atoms with E-state index in [1.54, 1.807) is 6.92 Å². The summed E-state index contributed by atoms with van der Waals surface area (Å²) in [5.74, 6) is 1.62. The Hall–Kier alpha value is -0.830. The topological polar surface area (TPSA) is 26.3 Å². The molecule has 2 rings (SSSR count). The zero-order chi connectivity index (χ0) is 12.3. The van der Waals surface area contributed by atoms with E-state index in [0.29, 0.717) is 11.5 Å². The Bertz CT molecular complexity index is 409. The lowest BCUT2D eigenvalue weighted by Crippen LogP contribution is -2.08. The van der Waals surface area contributed by atoms with Crippen LogP contribution in [0.2, 0.25) is 0 Å². The third-order valence-electron chi connectivity index (χ3n) is 3.29. The normalized spacial score (nSPS) is 16.1. The number of ether oxygens (including phenoxy) is 1. The van der Waals surface area contributed by atoms with Crippen molar-refractivity contribution in [3.05, 3.63) is 28.2 Å². The second kappa shape index (κ2) is 5.67. The Labute approximate surface area is 110 Å². The minimum Gasteiger partial charge on any atom is -0.492 e. The summed E-state index contributed by atoms with van der Waals surface area (Å²) in [6, 6.07) is 5.51. The lowest BCUT2D eigenvalue weighted by atomic mass is 10.1. The Morgan fingerprint density at radius 2 is 2.12 bits per heavy atom. The highest BCUT2D eigenvalue weighted by Gasteiger charge is 2.16. The number of ketones is 1. The van der Waals surface area contributed by atoms with Crippen LogP contribution in [0.3, 0.4) is 0 Å². The first-order valence-corrected chi connectivity index (χ1v) is 6.89. The molecule has 0 radical (unpaired) electrons. The Morgan fingerprint density at radius 1 is 1.41 bits per heavy atom. The molecule has 0 heterocycles. The summed E-state index contributed by atoms with van der Waals surface area (Å²) in [4.78, 5) is 11.2. The van der Waals surface area contributed by atoms with Gasteiger partial charge < -0.3 is 4.74 Å². The van der Waals surface area contributed by atoms with Crippen molar-refractivity contribution < 1.29 is 9.53 Å². The van der Waals surface area contributed by atoms with Crippen molar-refractivity contribution in [2.24, 2.45) is 5.92 Å². The Morgan fingerprint density at radius 3 is 2.71 bits per heavy atom. The average molecular weight is 297 g/mol. The zero-order valence-corrected chi connectivity index (χ0v) is 11.6. The van der Waals surface area contributed by atoms with Gasteiger partial charge in [-0.2, -0.15) is 0 Å². The molecule has 0 aliphatic heterocycles. The molecule has 0 amide bonds. The lowest BCUT2D eigenvalue weighted by Gasteiger charge is -2.13. The van der Waals surface area contributed by atoms with E-state index in [0.717, 1.165) is 16.8 Å². The van der Waals surface area contributed by atoms with Gasteiger partial charge in [-0.1, -0.05) is 12.8 Å². The number of halogens is 1. The minimum absolute atomic E-state index is 0.0769. The highest BCUT2D eigenvalue weighted by Crippen LogP contribution is 2.29. The molecule has 3 heteroatoms. The second-order valence-electron chi connectivity index (χ2n) is 4.66. The maximum absolute atomic E-state index is 11.2. The quantitative estimate of drug-likeness (QED) is 0.778. The van der Waals surface area contributed by atoms with Gasteiger partial charge >= 0.3 is 0 Å². The largest absolute Gasteiger partial charge is 0.492 e. The van der Waals surface area contributed by atoms with Gasteiger partial charge in [-0.3, -0.25) is 4.79 Å². The minimum atomic E-state index is 0.0769. The van der Waals surface area contributed by atoms with Crippen LogP contribution < -0.4 is 4.74 Å². The third-order valence-corrected chi connectivity index (χ3v) is 3.91. The number of carbonyl (C=O) groups is 1. The van der Waals surface area contributed by atoms with Crippen molar-refractivity contribution in [3.8, 4) is 5.75 Å². The Balaban J connectivity index is 1.98. The van der Waals surface area contributed by atoms with Gasteiger partial charge in [-0.15, -0.1) is 0 Å². The number of Topliss-reactive ketones (excluding diaryl/α,β-unsaturated/α-hetero) is 1. The standard InChI is InChI=1S/C14H17BrO2/c1-10(16)12-6-7-14(13(15)8-12)17-9-11-4-2-3-5-11/h6-8,11H,2-5,9H2,1H3. The van der Waals surface area contributed by atoms with Crippen LogP contribution in [0.25, 0.3) is 0 Å². The fourth-order valence-corrected chi connectivity index (χ4v) is 2.71. The van der Waals surface area contributed by atoms with Crippen molar-refractivity contribution >= 4 is 21.7 Å². The van der Waals surface area contributed by atoms with Crippen LogP contribution in [0.15, 0.2) is 22.7 Å². The molecule has 1 aromatic rings. The first-order chi connectivity index (χ1) is 8.16. The van der Waals surface area contributed by atoms with Gasteiger partial charge in [-0.05, 0) is 59.8 Å². The molecular formula is C14H17BrO2. The summed E-state index contributed by atoms with van der Waals surface area (Å²) < 4.78 is 6.66. The van der Waals surface area contributed by atoms with Crippen LogP contribution in [0.1, 0.15) is 43.0 Å². The van der Waals surface area contributed by atoms with E-state index in [-0.39, 0.29) is 5.78 Å². The summed E-state index contributed by atoms with van der Waals surface area (Å²) in [7, 11) is 0. The van der Waals surface area contributed by atoms with Crippen LogP contribution in [0.4, 0.5) is 0 Å². The van der Waals surface area contributed by atoms with Crippen LogP contribution >= 0.6 is 15.9 Å². The van der Waals surface area contributed by atoms with E-state index >= 15 is 0 Å². The van der Waals surface area contributed by atoms with E-state index in [2.05, 4.69) is 15.9 Å². The molecule has 1 saturated carbocycles. The molecule has 0 unspecified atom stereocenters. The predicted molar refractivity (Wildman–Crippen MR) is 71.6 cm³/mol. The first-order valence-electron chi connectivity index (χ1n) is 6.10. The molecule has 1 fully saturated rings. The number of hydrogen-bond donors (Lipinski definition) is 0. The molecule has 92 valence electrons.